The monoisotopic (exact) mass is 296 g/mol. The topological polar surface area (TPSA) is 29.5 Å². The van der Waals surface area contributed by atoms with E-state index in [1.54, 1.807) is 6.07 Å². The highest BCUT2D eigenvalue weighted by Crippen LogP contribution is 2.36. The van der Waals surface area contributed by atoms with Crippen LogP contribution < -0.4 is 4.74 Å². The summed E-state index contributed by atoms with van der Waals surface area (Å²) in [5.41, 5.74) is 1.70. The van der Waals surface area contributed by atoms with Crippen LogP contribution in [0, 0.1) is 0 Å². The highest BCUT2D eigenvalue weighted by Gasteiger charge is 2.09. The van der Waals surface area contributed by atoms with Gasteiger partial charge < -0.3 is 9.84 Å². The molecule has 0 saturated carbocycles. The first-order valence-corrected chi connectivity index (χ1v) is 6.68. The first-order valence-electron chi connectivity index (χ1n) is 5.92. The Bertz CT molecular complexity index is 577. The summed E-state index contributed by atoms with van der Waals surface area (Å²) in [5, 5.41) is 10.2. The van der Waals surface area contributed by atoms with E-state index >= 15 is 0 Å². The molecule has 0 spiro atoms. The van der Waals surface area contributed by atoms with E-state index in [4.69, 9.17) is 27.9 Å². The zero-order valence-corrected chi connectivity index (χ0v) is 12.2. The van der Waals surface area contributed by atoms with Crippen LogP contribution in [0.1, 0.15) is 13.8 Å². The Morgan fingerprint density at radius 1 is 1.00 bits per heavy atom. The van der Waals surface area contributed by atoms with Crippen LogP contribution in [0.5, 0.6) is 11.5 Å². The van der Waals surface area contributed by atoms with Crippen LogP contribution in [0.15, 0.2) is 36.4 Å². The molecule has 0 fully saturated rings. The van der Waals surface area contributed by atoms with Crippen LogP contribution in [0.2, 0.25) is 10.0 Å². The molecule has 4 heteroatoms. The van der Waals surface area contributed by atoms with E-state index in [0.29, 0.717) is 5.02 Å². The van der Waals surface area contributed by atoms with Crippen LogP contribution in [-0.4, -0.2) is 11.2 Å². The molecule has 0 atom stereocenters. The molecule has 1 N–H and O–H groups in total. The third kappa shape index (κ3) is 3.34. The van der Waals surface area contributed by atoms with Crippen molar-refractivity contribution in [2.45, 2.75) is 20.0 Å². The van der Waals surface area contributed by atoms with Gasteiger partial charge in [0.25, 0.3) is 0 Å². The van der Waals surface area contributed by atoms with Crippen LogP contribution in [0.3, 0.4) is 0 Å². The lowest BCUT2D eigenvalue weighted by atomic mass is 10.1. The fourth-order valence-electron chi connectivity index (χ4n) is 1.74. The molecule has 0 aliphatic carbocycles. The Balaban J connectivity index is 2.34. The highest BCUT2D eigenvalue weighted by molar-refractivity contribution is 6.36. The lowest BCUT2D eigenvalue weighted by Crippen LogP contribution is -2.05. The quantitative estimate of drug-likeness (QED) is 0.848. The molecule has 0 aromatic heterocycles. The molecule has 19 heavy (non-hydrogen) atoms. The van der Waals surface area contributed by atoms with Crippen molar-refractivity contribution in [3.63, 3.8) is 0 Å². The first kappa shape index (κ1) is 14.0. The first-order chi connectivity index (χ1) is 8.97. The summed E-state index contributed by atoms with van der Waals surface area (Å²) in [5.74, 6) is 0.787. The lowest BCUT2D eigenvalue weighted by Gasteiger charge is -2.11. The zero-order chi connectivity index (χ0) is 14.0. The van der Waals surface area contributed by atoms with E-state index in [1.807, 2.05) is 38.1 Å². The maximum Gasteiger partial charge on any atom is 0.135 e. The molecule has 2 aromatic carbocycles. The van der Waals surface area contributed by atoms with Crippen molar-refractivity contribution < 1.29 is 9.84 Å². The molecule has 100 valence electrons. The van der Waals surface area contributed by atoms with Gasteiger partial charge in [-0.1, -0.05) is 35.3 Å². The molecule has 0 aliphatic heterocycles. The Labute approximate surface area is 122 Å². The van der Waals surface area contributed by atoms with E-state index in [-0.39, 0.29) is 16.9 Å². The van der Waals surface area contributed by atoms with Crippen molar-refractivity contribution >= 4 is 23.2 Å². The van der Waals surface area contributed by atoms with Gasteiger partial charge in [-0.05, 0) is 37.6 Å². The Kier molecular flexibility index (Phi) is 4.23. The second kappa shape index (κ2) is 5.72. The number of halogens is 2. The molecule has 0 unspecified atom stereocenters. The SMILES string of the molecule is CC(C)Oc1ccc(-c2cc(Cl)c(O)cc2Cl)cc1. The van der Waals surface area contributed by atoms with Gasteiger partial charge in [-0.15, -0.1) is 0 Å². The van der Waals surface area contributed by atoms with Crippen LogP contribution in [0.4, 0.5) is 0 Å². The second-order valence-electron chi connectivity index (χ2n) is 4.47. The Hall–Kier alpha value is -1.38. The molecule has 0 aliphatic rings. The number of aromatic hydroxyl groups is 1. The van der Waals surface area contributed by atoms with E-state index in [1.165, 1.54) is 6.07 Å². The summed E-state index contributed by atoms with van der Waals surface area (Å²) in [4.78, 5) is 0. The molecule has 2 aromatic rings. The number of benzene rings is 2. The summed E-state index contributed by atoms with van der Waals surface area (Å²) in [7, 11) is 0. The number of hydrogen-bond acceptors (Lipinski definition) is 2. The molecule has 0 bridgehead atoms. The minimum Gasteiger partial charge on any atom is -0.506 e. The third-order valence-electron chi connectivity index (χ3n) is 2.57. The fraction of sp³-hybridized carbons (Fsp3) is 0.200. The van der Waals surface area contributed by atoms with Crippen LogP contribution in [0.25, 0.3) is 11.1 Å². The molecule has 0 amide bonds. The number of rotatable bonds is 3. The van der Waals surface area contributed by atoms with E-state index < -0.39 is 0 Å². The normalized spacial score (nSPS) is 10.8. The Morgan fingerprint density at radius 3 is 2.21 bits per heavy atom. The second-order valence-corrected chi connectivity index (χ2v) is 5.29. The van der Waals surface area contributed by atoms with Gasteiger partial charge in [0.15, 0.2) is 0 Å². The molecular formula is C15H14Cl2O2. The average molecular weight is 297 g/mol. The summed E-state index contributed by atoms with van der Waals surface area (Å²) in [6, 6.07) is 10.7. The van der Waals surface area contributed by atoms with E-state index in [9.17, 15) is 5.11 Å². The molecule has 2 nitrogen and oxygen atoms in total. The summed E-state index contributed by atoms with van der Waals surface area (Å²) in [6.45, 7) is 3.95. The fourth-order valence-corrected chi connectivity index (χ4v) is 2.17. The highest BCUT2D eigenvalue weighted by atomic mass is 35.5. The maximum atomic E-state index is 9.48. The van der Waals surface area contributed by atoms with Gasteiger partial charge in [0.05, 0.1) is 16.1 Å². The van der Waals surface area contributed by atoms with Gasteiger partial charge >= 0.3 is 0 Å². The molecule has 0 heterocycles. The van der Waals surface area contributed by atoms with Crippen molar-refractivity contribution in [3.05, 3.63) is 46.4 Å². The average Bonchev–Trinajstić information content (AvgIpc) is 2.34. The summed E-state index contributed by atoms with van der Waals surface area (Å²) < 4.78 is 5.58. The summed E-state index contributed by atoms with van der Waals surface area (Å²) in [6.07, 6.45) is 0.137. The molecule has 2 rings (SSSR count). The number of phenols is 1. The standard InChI is InChI=1S/C15H14Cl2O2/c1-9(2)19-11-5-3-10(4-6-11)12-7-14(17)15(18)8-13(12)16/h3-9,18H,1-2H3. The van der Waals surface area contributed by atoms with Crippen molar-refractivity contribution in [1.82, 2.24) is 0 Å². The maximum absolute atomic E-state index is 9.48. The number of ether oxygens (including phenoxy) is 1. The molecule has 0 saturated heterocycles. The van der Waals surface area contributed by atoms with Gasteiger partial charge in [0.2, 0.25) is 0 Å². The zero-order valence-electron chi connectivity index (χ0n) is 10.7. The smallest absolute Gasteiger partial charge is 0.135 e. The third-order valence-corrected chi connectivity index (χ3v) is 3.19. The van der Waals surface area contributed by atoms with Gasteiger partial charge in [-0.2, -0.15) is 0 Å². The summed E-state index contributed by atoms with van der Waals surface area (Å²) >= 11 is 12.0. The van der Waals surface area contributed by atoms with Crippen molar-refractivity contribution in [1.29, 1.82) is 0 Å². The van der Waals surface area contributed by atoms with Gasteiger partial charge in [0.1, 0.15) is 11.5 Å². The van der Waals surface area contributed by atoms with Crippen LogP contribution in [-0.2, 0) is 0 Å². The predicted octanol–water partition coefficient (Wildman–Crippen LogP) is 5.15. The lowest BCUT2D eigenvalue weighted by molar-refractivity contribution is 0.242. The van der Waals surface area contributed by atoms with E-state index in [0.717, 1.165) is 16.9 Å². The van der Waals surface area contributed by atoms with Gasteiger partial charge in [-0.25, -0.2) is 0 Å². The van der Waals surface area contributed by atoms with Gasteiger partial charge in [0, 0.05) is 11.6 Å². The van der Waals surface area contributed by atoms with Crippen molar-refractivity contribution in [2.24, 2.45) is 0 Å². The Morgan fingerprint density at radius 2 is 1.63 bits per heavy atom. The minimum absolute atomic E-state index is 0.0184. The molecular weight excluding hydrogens is 283 g/mol. The van der Waals surface area contributed by atoms with Crippen molar-refractivity contribution in [3.8, 4) is 22.6 Å². The largest absolute Gasteiger partial charge is 0.506 e. The van der Waals surface area contributed by atoms with E-state index in [2.05, 4.69) is 0 Å². The van der Waals surface area contributed by atoms with Gasteiger partial charge in [-0.3, -0.25) is 0 Å². The number of phenolic OH excluding ortho intramolecular Hbond substituents is 1. The van der Waals surface area contributed by atoms with Crippen molar-refractivity contribution in [2.75, 3.05) is 0 Å². The molecule has 0 radical (unpaired) electrons. The number of hydrogen-bond donors (Lipinski definition) is 1. The predicted molar refractivity (Wildman–Crippen MR) is 79.3 cm³/mol. The van der Waals surface area contributed by atoms with Crippen LogP contribution >= 0.6 is 23.2 Å². The minimum atomic E-state index is -0.0184.